The maximum atomic E-state index is 12.5. The van der Waals surface area contributed by atoms with Gasteiger partial charge in [0.1, 0.15) is 0 Å². The molecule has 0 aromatic heterocycles. The summed E-state index contributed by atoms with van der Waals surface area (Å²) < 4.78 is -0.129. The van der Waals surface area contributed by atoms with E-state index < -0.39 is 0 Å². The average Bonchev–Trinajstić information content (AvgIpc) is 2.76. The molecule has 0 aromatic carbocycles. The number of likely N-dealkylation sites (tertiary alicyclic amines) is 1. The number of hydrogen-bond acceptors (Lipinski definition) is 3. The maximum absolute atomic E-state index is 12.5. The van der Waals surface area contributed by atoms with E-state index in [1.807, 2.05) is 18.8 Å². The van der Waals surface area contributed by atoms with Crippen LogP contribution >= 0.6 is 11.8 Å². The third-order valence-corrected chi connectivity index (χ3v) is 5.30. The van der Waals surface area contributed by atoms with Gasteiger partial charge in [0, 0.05) is 19.1 Å². The summed E-state index contributed by atoms with van der Waals surface area (Å²) in [5, 5.41) is 3.29. The van der Waals surface area contributed by atoms with E-state index in [-0.39, 0.29) is 4.75 Å². The predicted octanol–water partition coefficient (Wildman–Crippen LogP) is 1.48. The largest absolute Gasteiger partial charge is 0.340 e. The van der Waals surface area contributed by atoms with Gasteiger partial charge >= 0.3 is 0 Å². The zero-order valence-corrected chi connectivity index (χ0v) is 11.1. The van der Waals surface area contributed by atoms with Crippen LogP contribution < -0.4 is 5.32 Å². The quantitative estimate of drug-likeness (QED) is 0.796. The number of thioether (sulfide) groups is 1. The molecule has 0 spiro atoms. The first-order valence-corrected chi connectivity index (χ1v) is 7.25. The van der Waals surface area contributed by atoms with Gasteiger partial charge in [-0.05, 0) is 45.4 Å². The summed E-state index contributed by atoms with van der Waals surface area (Å²) in [5.41, 5.74) is 0. The fourth-order valence-corrected chi connectivity index (χ4v) is 3.96. The molecule has 2 rings (SSSR count). The molecule has 0 bridgehead atoms. The van der Waals surface area contributed by atoms with Crippen LogP contribution in [0, 0.1) is 0 Å². The van der Waals surface area contributed by atoms with Crippen molar-refractivity contribution in [2.45, 2.75) is 43.4 Å². The highest BCUT2D eigenvalue weighted by Gasteiger charge is 2.40. The van der Waals surface area contributed by atoms with Crippen LogP contribution in [0.1, 0.15) is 32.6 Å². The zero-order chi connectivity index (χ0) is 11.6. The van der Waals surface area contributed by atoms with Crippen molar-refractivity contribution >= 4 is 17.7 Å². The first-order valence-electron chi connectivity index (χ1n) is 6.26. The maximum Gasteiger partial charge on any atom is 0.238 e. The SMILES string of the molecule is CNC1CCCN(C(=O)C2(C)CCCS2)C1. The lowest BCUT2D eigenvalue weighted by molar-refractivity contribution is -0.134. The molecule has 2 unspecified atom stereocenters. The van der Waals surface area contributed by atoms with E-state index in [1.54, 1.807) is 0 Å². The number of carbonyl (C=O) groups excluding carboxylic acids is 1. The molecule has 1 N–H and O–H groups in total. The lowest BCUT2D eigenvalue weighted by Gasteiger charge is -2.37. The van der Waals surface area contributed by atoms with Gasteiger partial charge in [-0.3, -0.25) is 4.79 Å². The Balaban J connectivity index is 1.98. The highest BCUT2D eigenvalue weighted by molar-refractivity contribution is 8.01. The van der Waals surface area contributed by atoms with Crippen LogP contribution in [0.4, 0.5) is 0 Å². The van der Waals surface area contributed by atoms with Gasteiger partial charge in [-0.1, -0.05) is 0 Å². The average molecular weight is 242 g/mol. The number of carbonyl (C=O) groups is 1. The molecule has 2 atom stereocenters. The number of nitrogens with one attached hydrogen (secondary N) is 1. The van der Waals surface area contributed by atoms with Crippen molar-refractivity contribution in [3.05, 3.63) is 0 Å². The lowest BCUT2D eigenvalue weighted by atomic mass is 10.00. The molecule has 2 fully saturated rings. The van der Waals surface area contributed by atoms with Gasteiger partial charge in [-0.2, -0.15) is 0 Å². The van der Waals surface area contributed by atoms with Crippen molar-refractivity contribution in [1.82, 2.24) is 10.2 Å². The number of hydrogen-bond donors (Lipinski definition) is 1. The van der Waals surface area contributed by atoms with E-state index in [1.165, 1.54) is 12.8 Å². The van der Waals surface area contributed by atoms with Gasteiger partial charge in [0.25, 0.3) is 0 Å². The second-order valence-corrected chi connectivity index (χ2v) is 6.66. The Labute approximate surface area is 102 Å². The number of nitrogens with zero attached hydrogens (tertiary/aromatic N) is 1. The van der Waals surface area contributed by atoms with E-state index in [0.717, 1.165) is 31.7 Å². The Morgan fingerprint density at radius 1 is 1.50 bits per heavy atom. The highest BCUT2D eigenvalue weighted by Crippen LogP contribution is 2.39. The van der Waals surface area contributed by atoms with Gasteiger partial charge < -0.3 is 10.2 Å². The molecule has 0 aliphatic carbocycles. The molecule has 4 heteroatoms. The fraction of sp³-hybridized carbons (Fsp3) is 0.917. The van der Waals surface area contributed by atoms with Crippen LogP contribution in [0.3, 0.4) is 0 Å². The van der Waals surface area contributed by atoms with Crippen LogP contribution in [0.5, 0.6) is 0 Å². The van der Waals surface area contributed by atoms with E-state index >= 15 is 0 Å². The van der Waals surface area contributed by atoms with Gasteiger partial charge in [-0.15, -0.1) is 11.8 Å². The summed E-state index contributed by atoms with van der Waals surface area (Å²) >= 11 is 1.84. The third-order valence-electron chi connectivity index (χ3n) is 3.79. The Hall–Kier alpha value is -0.220. The molecule has 0 aromatic rings. The molecule has 1 amide bonds. The normalized spacial score (nSPS) is 35.4. The fourth-order valence-electron chi connectivity index (χ4n) is 2.68. The molecule has 2 saturated heterocycles. The van der Waals surface area contributed by atoms with Crippen molar-refractivity contribution in [2.24, 2.45) is 0 Å². The monoisotopic (exact) mass is 242 g/mol. The minimum absolute atomic E-state index is 0.129. The van der Waals surface area contributed by atoms with E-state index in [9.17, 15) is 4.79 Å². The molecule has 2 heterocycles. The Kier molecular flexibility index (Phi) is 3.80. The van der Waals surface area contributed by atoms with Crippen molar-refractivity contribution in [3.63, 3.8) is 0 Å². The smallest absolute Gasteiger partial charge is 0.238 e. The summed E-state index contributed by atoms with van der Waals surface area (Å²) in [6.07, 6.45) is 4.58. The topological polar surface area (TPSA) is 32.3 Å². The Bertz CT molecular complexity index is 264. The number of piperidine rings is 1. The van der Waals surface area contributed by atoms with Gasteiger partial charge in [-0.25, -0.2) is 0 Å². The standard InChI is InChI=1S/C12H22N2OS/c1-12(6-4-8-16-12)11(15)14-7-3-5-10(9-14)13-2/h10,13H,3-9H2,1-2H3. The second kappa shape index (κ2) is 4.96. The number of amides is 1. The molecular weight excluding hydrogens is 220 g/mol. The Morgan fingerprint density at radius 2 is 2.31 bits per heavy atom. The van der Waals surface area contributed by atoms with Crippen molar-refractivity contribution in [2.75, 3.05) is 25.9 Å². The van der Waals surface area contributed by atoms with Crippen LogP contribution in [-0.2, 0) is 4.79 Å². The molecule has 16 heavy (non-hydrogen) atoms. The van der Waals surface area contributed by atoms with Gasteiger partial charge in [0.15, 0.2) is 0 Å². The van der Waals surface area contributed by atoms with Crippen molar-refractivity contribution < 1.29 is 4.79 Å². The molecule has 2 aliphatic heterocycles. The molecule has 0 radical (unpaired) electrons. The number of likely N-dealkylation sites (N-methyl/N-ethyl adjacent to an activating group) is 1. The minimum atomic E-state index is -0.129. The first kappa shape index (κ1) is 12.2. The molecule has 2 aliphatic rings. The molecule has 92 valence electrons. The van der Waals surface area contributed by atoms with Crippen LogP contribution in [0.15, 0.2) is 0 Å². The second-order valence-electron chi connectivity index (χ2n) is 5.06. The van der Waals surface area contributed by atoms with Gasteiger partial charge in [0.2, 0.25) is 5.91 Å². The van der Waals surface area contributed by atoms with E-state index in [0.29, 0.717) is 11.9 Å². The summed E-state index contributed by atoms with van der Waals surface area (Å²) in [5.74, 6) is 1.51. The molecule has 3 nitrogen and oxygen atoms in total. The molecule has 0 saturated carbocycles. The Morgan fingerprint density at radius 3 is 2.94 bits per heavy atom. The molecular formula is C12H22N2OS. The summed E-state index contributed by atoms with van der Waals surface area (Å²) in [6.45, 7) is 3.97. The highest BCUT2D eigenvalue weighted by atomic mass is 32.2. The third kappa shape index (κ3) is 2.38. The summed E-state index contributed by atoms with van der Waals surface area (Å²) in [6, 6.07) is 0.493. The van der Waals surface area contributed by atoms with Crippen LogP contribution in [-0.4, -0.2) is 47.5 Å². The van der Waals surface area contributed by atoms with E-state index in [2.05, 4.69) is 17.1 Å². The van der Waals surface area contributed by atoms with Crippen LogP contribution in [0.2, 0.25) is 0 Å². The summed E-state index contributed by atoms with van der Waals surface area (Å²) in [4.78, 5) is 14.5. The van der Waals surface area contributed by atoms with Crippen molar-refractivity contribution in [3.8, 4) is 0 Å². The van der Waals surface area contributed by atoms with E-state index in [4.69, 9.17) is 0 Å². The van der Waals surface area contributed by atoms with Crippen molar-refractivity contribution in [1.29, 1.82) is 0 Å². The lowest BCUT2D eigenvalue weighted by Crippen LogP contribution is -2.52. The van der Waals surface area contributed by atoms with Crippen LogP contribution in [0.25, 0.3) is 0 Å². The number of rotatable bonds is 2. The predicted molar refractivity (Wildman–Crippen MR) is 68.8 cm³/mol. The van der Waals surface area contributed by atoms with Gasteiger partial charge in [0.05, 0.1) is 4.75 Å². The zero-order valence-electron chi connectivity index (χ0n) is 10.3. The minimum Gasteiger partial charge on any atom is -0.340 e. The first-order chi connectivity index (χ1) is 7.65. The summed E-state index contributed by atoms with van der Waals surface area (Å²) in [7, 11) is 1.99.